The number of benzene rings is 3. The Hall–Kier alpha value is -3.51. The number of aryl methyl sites for hydroxylation is 1. The molecule has 1 heterocycles. The van der Waals surface area contributed by atoms with Gasteiger partial charge in [-0.25, -0.2) is 13.8 Å². The average Bonchev–Trinajstić information content (AvgIpc) is 2.80. The Balaban J connectivity index is 1.80. The molecule has 0 bridgehead atoms. The zero-order valence-corrected chi connectivity index (χ0v) is 18.2. The van der Waals surface area contributed by atoms with Gasteiger partial charge in [-0.15, -0.1) is 0 Å². The summed E-state index contributed by atoms with van der Waals surface area (Å²) in [5, 5.41) is 0.581. The van der Waals surface area contributed by atoms with E-state index in [9.17, 15) is 8.78 Å². The fraction of sp³-hybridized carbons (Fsp3) is 0.192. The van der Waals surface area contributed by atoms with E-state index in [1.54, 1.807) is 38.3 Å². The molecular formula is C26H24F2N2O2. The van der Waals surface area contributed by atoms with Crippen molar-refractivity contribution in [3.8, 4) is 11.5 Å². The summed E-state index contributed by atoms with van der Waals surface area (Å²) in [6.07, 6.45) is 0. The van der Waals surface area contributed by atoms with Gasteiger partial charge in [0.15, 0.2) is 0 Å². The fourth-order valence-corrected chi connectivity index (χ4v) is 3.66. The van der Waals surface area contributed by atoms with Crippen LogP contribution in [-0.4, -0.2) is 12.1 Å². The highest BCUT2D eigenvalue weighted by Crippen LogP contribution is 2.35. The number of fused-ring (bicyclic) bond motifs is 1. The minimum absolute atomic E-state index is 0.167. The number of nitrogens with zero attached hydrogens (tertiary/aromatic N) is 1. The molecule has 0 aliphatic heterocycles. The van der Waals surface area contributed by atoms with Gasteiger partial charge in [-0.1, -0.05) is 30.3 Å². The van der Waals surface area contributed by atoms with Crippen LogP contribution in [-0.2, 0) is 12.1 Å². The molecule has 164 valence electrons. The van der Waals surface area contributed by atoms with E-state index in [1.807, 2.05) is 31.2 Å². The van der Waals surface area contributed by atoms with E-state index in [0.29, 0.717) is 22.4 Å². The summed E-state index contributed by atoms with van der Waals surface area (Å²) in [6, 6.07) is 18.3. The Morgan fingerprint density at radius 2 is 1.75 bits per heavy atom. The number of hydrogen-bond donors (Lipinski definition) is 1. The molecule has 4 aromatic rings. The number of hydrogen-bond acceptors (Lipinski definition) is 4. The van der Waals surface area contributed by atoms with Crippen molar-refractivity contribution >= 4 is 10.9 Å². The van der Waals surface area contributed by atoms with Crippen molar-refractivity contribution in [3.05, 3.63) is 101 Å². The number of methoxy groups -OCH3 is 1. The average molecular weight is 434 g/mol. The first kappa shape index (κ1) is 21.7. The topological polar surface area (TPSA) is 57.4 Å². The van der Waals surface area contributed by atoms with Crippen molar-refractivity contribution in [2.24, 2.45) is 5.73 Å². The van der Waals surface area contributed by atoms with Crippen molar-refractivity contribution < 1.29 is 18.3 Å². The zero-order chi connectivity index (χ0) is 22.9. The van der Waals surface area contributed by atoms with Gasteiger partial charge in [0.25, 0.3) is 0 Å². The van der Waals surface area contributed by atoms with E-state index in [1.165, 1.54) is 18.2 Å². The van der Waals surface area contributed by atoms with E-state index < -0.39 is 17.2 Å². The van der Waals surface area contributed by atoms with Crippen LogP contribution < -0.4 is 15.2 Å². The molecule has 0 saturated carbocycles. The molecule has 4 nitrogen and oxygen atoms in total. The summed E-state index contributed by atoms with van der Waals surface area (Å²) in [5.74, 6) is 0.331. The minimum Gasteiger partial charge on any atom is -0.497 e. The van der Waals surface area contributed by atoms with Gasteiger partial charge in [0, 0.05) is 11.5 Å². The van der Waals surface area contributed by atoms with Crippen molar-refractivity contribution in [2.75, 3.05) is 7.11 Å². The Morgan fingerprint density at radius 3 is 2.44 bits per heavy atom. The van der Waals surface area contributed by atoms with Crippen LogP contribution in [0.25, 0.3) is 10.9 Å². The predicted molar refractivity (Wildman–Crippen MR) is 121 cm³/mol. The second kappa shape index (κ2) is 8.55. The first-order valence-electron chi connectivity index (χ1n) is 10.2. The third-order valence-electron chi connectivity index (χ3n) is 5.59. The highest BCUT2D eigenvalue weighted by atomic mass is 19.1. The van der Waals surface area contributed by atoms with Crippen LogP contribution >= 0.6 is 0 Å². The molecule has 0 aliphatic carbocycles. The number of halogens is 2. The predicted octanol–water partition coefficient (Wildman–Crippen LogP) is 5.63. The van der Waals surface area contributed by atoms with E-state index in [4.69, 9.17) is 15.2 Å². The van der Waals surface area contributed by atoms with Gasteiger partial charge in [0.2, 0.25) is 0 Å². The maximum absolute atomic E-state index is 14.8. The standard InChI is InChI=1S/C26H24F2N2O2/c1-16-7-12-21(28)25-24(16)22(32-15-17-8-10-20(31-3)11-9-17)14-23(30-25)26(2,29)18-5-4-6-19(27)13-18/h4-14H,15,29H2,1-3H3. The molecule has 0 amide bonds. The lowest BCUT2D eigenvalue weighted by Crippen LogP contribution is -2.35. The van der Waals surface area contributed by atoms with Crippen LogP contribution in [0.4, 0.5) is 8.78 Å². The molecule has 0 aliphatic rings. The smallest absolute Gasteiger partial charge is 0.149 e. The molecule has 1 atom stereocenters. The van der Waals surface area contributed by atoms with Crippen LogP contribution in [0.3, 0.4) is 0 Å². The van der Waals surface area contributed by atoms with Gasteiger partial charge in [-0.05, 0) is 60.9 Å². The lowest BCUT2D eigenvalue weighted by Gasteiger charge is -2.26. The van der Waals surface area contributed by atoms with Crippen LogP contribution in [0.2, 0.25) is 0 Å². The molecule has 0 spiro atoms. The van der Waals surface area contributed by atoms with E-state index in [0.717, 1.165) is 16.9 Å². The molecule has 4 rings (SSSR count). The largest absolute Gasteiger partial charge is 0.497 e. The number of nitrogens with two attached hydrogens (primary N) is 1. The third-order valence-corrected chi connectivity index (χ3v) is 5.59. The maximum atomic E-state index is 14.8. The molecule has 6 heteroatoms. The number of aromatic nitrogens is 1. The second-order valence-corrected chi connectivity index (χ2v) is 7.94. The number of ether oxygens (including phenoxy) is 2. The Kier molecular flexibility index (Phi) is 5.80. The van der Waals surface area contributed by atoms with Crippen molar-refractivity contribution in [2.45, 2.75) is 26.0 Å². The van der Waals surface area contributed by atoms with Crippen LogP contribution in [0.5, 0.6) is 11.5 Å². The lowest BCUT2D eigenvalue weighted by atomic mass is 9.88. The summed E-state index contributed by atoms with van der Waals surface area (Å²) in [6.45, 7) is 3.86. The Bertz CT molecular complexity index is 1270. The van der Waals surface area contributed by atoms with Crippen molar-refractivity contribution in [1.29, 1.82) is 0 Å². The van der Waals surface area contributed by atoms with E-state index in [-0.39, 0.29) is 12.1 Å². The van der Waals surface area contributed by atoms with E-state index >= 15 is 0 Å². The lowest BCUT2D eigenvalue weighted by molar-refractivity contribution is 0.308. The molecule has 1 unspecified atom stereocenters. The number of pyridine rings is 1. The monoisotopic (exact) mass is 434 g/mol. The normalized spacial score (nSPS) is 13.1. The highest BCUT2D eigenvalue weighted by Gasteiger charge is 2.28. The summed E-state index contributed by atoms with van der Waals surface area (Å²) in [5.41, 5.74) is 8.26. The molecule has 3 aromatic carbocycles. The quantitative estimate of drug-likeness (QED) is 0.427. The second-order valence-electron chi connectivity index (χ2n) is 7.94. The summed E-state index contributed by atoms with van der Waals surface area (Å²) in [4.78, 5) is 4.53. The molecule has 32 heavy (non-hydrogen) atoms. The summed E-state index contributed by atoms with van der Waals surface area (Å²) >= 11 is 0. The fourth-order valence-electron chi connectivity index (χ4n) is 3.66. The first-order valence-corrected chi connectivity index (χ1v) is 10.2. The Morgan fingerprint density at radius 1 is 1.00 bits per heavy atom. The molecule has 2 N–H and O–H groups in total. The first-order chi connectivity index (χ1) is 15.3. The summed E-state index contributed by atoms with van der Waals surface area (Å²) < 4.78 is 40.0. The van der Waals surface area contributed by atoms with E-state index in [2.05, 4.69) is 4.98 Å². The molecular weight excluding hydrogens is 410 g/mol. The summed E-state index contributed by atoms with van der Waals surface area (Å²) in [7, 11) is 1.61. The van der Waals surface area contributed by atoms with Gasteiger partial charge < -0.3 is 15.2 Å². The molecule has 1 aromatic heterocycles. The van der Waals surface area contributed by atoms with Gasteiger partial charge in [0.1, 0.15) is 35.3 Å². The van der Waals surface area contributed by atoms with Crippen LogP contribution in [0.1, 0.15) is 29.3 Å². The minimum atomic E-state index is -1.16. The maximum Gasteiger partial charge on any atom is 0.149 e. The van der Waals surface area contributed by atoms with Gasteiger partial charge in [-0.2, -0.15) is 0 Å². The Labute approximate surface area is 185 Å². The number of rotatable bonds is 6. The SMILES string of the molecule is COc1ccc(COc2cc(C(C)(N)c3cccc(F)c3)nc3c(F)ccc(C)c23)cc1. The third kappa shape index (κ3) is 4.14. The van der Waals surface area contributed by atoms with Crippen molar-refractivity contribution in [1.82, 2.24) is 4.98 Å². The van der Waals surface area contributed by atoms with Gasteiger partial charge in [-0.3, -0.25) is 0 Å². The molecule has 0 radical (unpaired) electrons. The molecule has 0 saturated heterocycles. The van der Waals surface area contributed by atoms with Gasteiger partial charge >= 0.3 is 0 Å². The van der Waals surface area contributed by atoms with Crippen molar-refractivity contribution in [3.63, 3.8) is 0 Å². The van der Waals surface area contributed by atoms with Crippen LogP contribution in [0.15, 0.2) is 66.7 Å². The molecule has 0 fully saturated rings. The highest BCUT2D eigenvalue weighted by molar-refractivity contribution is 5.89. The van der Waals surface area contributed by atoms with Gasteiger partial charge in [0.05, 0.1) is 18.3 Å². The zero-order valence-electron chi connectivity index (χ0n) is 18.2. The van der Waals surface area contributed by atoms with Crippen LogP contribution in [0, 0.1) is 18.6 Å².